The summed E-state index contributed by atoms with van der Waals surface area (Å²) >= 11 is 0. The van der Waals surface area contributed by atoms with E-state index in [1.165, 1.54) is 12.8 Å². The van der Waals surface area contributed by atoms with Crippen molar-refractivity contribution in [1.82, 2.24) is 10.6 Å². The van der Waals surface area contributed by atoms with E-state index >= 15 is 0 Å². The van der Waals surface area contributed by atoms with Crippen molar-refractivity contribution < 1.29 is 4.74 Å². The van der Waals surface area contributed by atoms with Gasteiger partial charge in [-0.2, -0.15) is 0 Å². The first-order valence-electron chi connectivity index (χ1n) is 5.66. The molecule has 82 valence electrons. The summed E-state index contributed by atoms with van der Waals surface area (Å²) in [7, 11) is 0. The Morgan fingerprint density at radius 1 is 1.29 bits per heavy atom. The van der Waals surface area contributed by atoms with Gasteiger partial charge in [-0.25, -0.2) is 0 Å². The third kappa shape index (κ3) is 1.95. The molecule has 2 rings (SSSR count). The fourth-order valence-corrected chi connectivity index (χ4v) is 2.62. The van der Waals surface area contributed by atoms with Crippen LogP contribution in [-0.4, -0.2) is 31.0 Å². The Morgan fingerprint density at radius 3 is 2.57 bits per heavy atom. The second-order valence-electron chi connectivity index (χ2n) is 5.45. The molecular formula is C11H22N2O. The lowest BCUT2D eigenvalue weighted by molar-refractivity contribution is -0.0498. The number of hydrogen-bond acceptors (Lipinski definition) is 3. The van der Waals surface area contributed by atoms with Crippen molar-refractivity contribution in [3.05, 3.63) is 0 Å². The van der Waals surface area contributed by atoms with Gasteiger partial charge in [-0.1, -0.05) is 0 Å². The second-order valence-corrected chi connectivity index (χ2v) is 5.45. The molecule has 2 N–H and O–H groups in total. The Morgan fingerprint density at radius 2 is 2.07 bits per heavy atom. The predicted molar refractivity (Wildman–Crippen MR) is 57.2 cm³/mol. The molecule has 0 saturated carbocycles. The largest absolute Gasteiger partial charge is 0.359 e. The van der Waals surface area contributed by atoms with E-state index in [-0.39, 0.29) is 11.3 Å². The highest BCUT2D eigenvalue weighted by Crippen LogP contribution is 2.32. The monoisotopic (exact) mass is 198 g/mol. The topological polar surface area (TPSA) is 33.3 Å². The molecule has 2 saturated heterocycles. The van der Waals surface area contributed by atoms with Crippen molar-refractivity contribution in [3.8, 4) is 0 Å². The molecule has 0 aromatic rings. The molecular weight excluding hydrogens is 176 g/mol. The first kappa shape index (κ1) is 10.4. The van der Waals surface area contributed by atoms with E-state index < -0.39 is 0 Å². The number of ether oxygens (including phenoxy) is 1. The van der Waals surface area contributed by atoms with Crippen molar-refractivity contribution in [3.63, 3.8) is 0 Å². The normalized spacial score (nSPS) is 42.6. The van der Waals surface area contributed by atoms with Crippen LogP contribution in [0.4, 0.5) is 0 Å². The zero-order chi connectivity index (χ0) is 10.2. The van der Waals surface area contributed by atoms with Gasteiger partial charge in [-0.3, -0.25) is 5.32 Å². The molecule has 0 amide bonds. The highest BCUT2D eigenvalue weighted by Gasteiger charge is 2.45. The number of hydrogen-bond donors (Lipinski definition) is 2. The first-order valence-corrected chi connectivity index (χ1v) is 5.66. The van der Waals surface area contributed by atoms with E-state index in [2.05, 4.69) is 31.4 Å². The Bertz CT molecular complexity index is 211. The molecule has 2 aliphatic heterocycles. The molecule has 0 radical (unpaired) electrons. The maximum atomic E-state index is 5.94. The summed E-state index contributed by atoms with van der Waals surface area (Å²) in [6.45, 7) is 9.66. The minimum absolute atomic E-state index is 0.114. The molecule has 2 atom stereocenters. The quantitative estimate of drug-likeness (QED) is 0.662. The fraction of sp³-hybridized carbons (Fsp3) is 1.00. The molecule has 3 heteroatoms. The average molecular weight is 198 g/mol. The van der Waals surface area contributed by atoms with Crippen LogP contribution in [0.5, 0.6) is 0 Å². The molecule has 2 fully saturated rings. The zero-order valence-electron chi connectivity index (χ0n) is 9.52. The third-order valence-electron chi connectivity index (χ3n) is 3.40. The SMILES string of the molecule is CC1(C)COC(C)(C2CCCNC2)N1. The smallest absolute Gasteiger partial charge is 0.121 e. The van der Waals surface area contributed by atoms with Crippen molar-refractivity contribution >= 4 is 0 Å². The van der Waals surface area contributed by atoms with Gasteiger partial charge in [0.05, 0.1) is 6.61 Å². The number of nitrogens with one attached hydrogen (secondary N) is 2. The fourth-order valence-electron chi connectivity index (χ4n) is 2.62. The van der Waals surface area contributed by atoms with Gasteiger partial charge in [0, 0.05) is 18.0 Å². The van der Waals surface area contributed by atoms with Crippen molar-refractivity contribution in [1.29, 1.82) is 0 Å². The molecule has 2 heterocycles. The molecule has 0 aromatic carbocycles. The van der Waals surface area contributed by atoms with Gasteiger partial charge in [0.2, 0.25) is 0 Å². The van der Waals surface area contributed by atoms with Gasteiger partial charge in [0.1, 0.15) is 5.72 Å². The van der Waals surface area contributed by atoms with Crippen LogP contribution in [0.15, 0.2) is 0 Å². The van der Waals surface area contributed by atoms with Crippen LogP contribution in [0.2, 0.25) is 0 Å². The maximum Gasteiger partial charge on any atom is 0.121 e. The van der Waals surface area contributed by atoms with Crippen LogP contribution in [-0.2, 0) is 4.74 Å². The molecule has 0 spiro atoms. The van der Waals surface area contributed by atoms with Crippen molar-refractivity contribution in [2.24, 2.45) is 5.92 Å². The zero-order valence-corrected chi connectivity index (χ0v) is 9.52. The third-order valence-corrected chi connectivity index (χ3v) is 3.40. The van der Waals surface area contributed by atoms with Gasteiger partial charge < -0.3 is 10.1 Å². The maximum absolute atomic E-state index is 5.94. The van der Waals surface area contributed by atoms with Gasteiger partial charge in [0.15, 0.2) is 0 Å². The Kier molecular flexibility index (Phi) is 2.58. The van der Waals surface area contributed by atoms with Crippen LogP contribution in [0.1, 0.15) is 33.6 Å². The summed E-state index contributed by atoms with van der Waals surface area (Å²) in [5.41, 5.74) is 0.0170. The van der Waals surface area contributed by atoms with Gasteiger partial charge in [-0.05, 0) is 40.2 Å². The number of rotatable bonds is 1. The van der Waals surface area contributed by atoms with Crippen LogP contribution >= 0.6 is 0 Å². The van der Waals surface area contributed by atoms with E-state index in [0.29, 0.717) is 5.92 Å². The van der Waals surface area contributed by atoms with Gasteiger partial charge in [0.25, 0.3) is 0 Å². The minimum Gasteiger partial charge on any atom is -0.359 e. The standard InChI is InChI=1S/C11H22N2O/c1-10(2)8-14-11(3,13-10)9-5-4-6-12-7-9/h9,12-13H,4-8H2,1-3H3. The number of piperidine rings is 1. The lowest BCUT2D eigenvalue weighted by Gasteiger charge is -2.37. The molecule has 0 aromatic heterocycles. The molecule has 14 heavy (non-hydrogen) atoms. The van der Waals surface area contributed by atoms with Crippen LogP contribution in [0.3, 0.4) is 0 Å². The first-order chi connectivity index (χ1) is 6.52. The van der Waals surface area contributed by atoms with E-state index in [9.17, 15) is 0 Å². The lowest BCUT2D eigenvalue weighted by atomic mass is 9.89. The summed E-state index contributed by atoms with van der Waals surface area (Å²) in [6, 6.07) is 0. The van der Waals surface area contributed by atoms with Gasteiger partial charge in [-0.15, -0.1) is 0 Å². The highest BCUT2D eigenvalue weighted by molar-refractivity contribution is 4.97. The van der Waals surface area contributed by atoms with Crippen LogP contribution in [0, 0.1) is 5.92 Å². The molecule has 3 nitrogen and oxygen atoms in total. The van der Waals surface area contributed by atoms with E-state index in [1.54, 1.807) is 0 Å². The summed E-state index contributed by atoms with van der Waals surface area (Å²) < 4.78 is 5.94. The summed E-state index contributed by atoms with van der Waals surface area (Å²) in [4.78, 5) is 0. The average Bonchev–Trinajstić information content (AvgIpc) is 2.44. The molecule has 2 aliphatic rings. The minimum atomic E-state index is -0.114. The summed E-state index contributed by atoms with van der Waals surface area (Å²) in [5, 5.41) is 7.06. The van der Waals surface area contributed by atoms with E-state index in [1.807, 2.05) is 0 Å². The molecule has 0 aliphatic carbocycles. The molecule has 2 unspecified atom stereocenters. The predicted octanol–water partition coefficient (Wildman–Crippen LogP) is 1.10. The summed E-state index contributed by atoms with van der Waals surface area (Å²) in [5.74, 6) is 0.609. The second kappa shape index (κ2) is 3.47. The van der Waals surface area contributed by atoms with E-state index in [0.717, 1.165) is 19.7 Å². The van der Waals surface area contributed by atoms with Crippen molar-refractivity contribution in [2.45, 2.75) is 44.9 Å². The lowest BCUT2D eigenvalue weighted by Crippen LogP contribution is -2.54. The van der Waals surface area contributed by atoms with Gasteiger partial charge >= 0.3 is 0 Å². The van der Waals surface area contributed by atoms with Crippen LogP contribution < -0.4 is 10.6 Å². The summed E-state index contributed by atoms with van der Waals surface area (Å²) in [6.07, 6.45) is 2.54. The highest BCUT2D eigenvalue weighted by atomic mass is 16.5. The van der Waals surface area contributed by atoms with Crippen LogP contribution in [0.25, 0.3) is 0 Å². The Labute approximate surface area is 86.6 Å². The Hall–Kier alpha value is -0.120. The van der Waals surface area contributed by atoms with E-state index in [4.69, 9.17) is 4.74 Å². The molecule has 0 bridgehead atoms. The van der Waals surface area contributed by atoms with Crippen molar-refractivity contribution in [2.75, 3.05) is 19.7 Å². The Balaban J connectivity index is 2.01.